The molecular weight excluding hydrogens is 288 g/mol. The van der Waals surface area contributed by atoms with E-state index in [4.69, 9.17) is 14.2 Å². The number of rotatable bonds is 17. The first-order valence-corrected chi connectivity index (χ1v) is 10.2. The molecule has 3 heteroatoms. The van der Waals surface area contributed by atoms with E-state index in [2.05, 4.69) is 20.8 Å². The minimum Gasteiger partial charge on any atom is -0.373 e. The van der Waals surface area contributed by atoms with E-state index in [1.54, 1.807) is 0 Å². The van der Waals surface area contributed by atoms with Crippen molar-refractivity contribution in [3.63, 3.8) is 0 Å². The number of ether oxygens (including phenoxy) is 3. The van der Waals surface area contributed by atoms with Gasteiger partial charge in [-0.15, -0.1) is 0 Å². The van der Waals surface area contributed by atoms with Crippen molar-refractivity contribution in [2.45, 2.75) is 104 Å². The maximum absolute atomic E-state index is 5.88. The van der Waals surface area contributed by atoms with Crippen LogP contribution in [0.5, 0.6) is 0 Å². The standard InChI is InChI=1S/C20H40O3/c1-4-7-8-9-10-11-14-18(20(21-5-2)22-6-3)15-12-13-16-19-17-23-19/h18-20H,4-17H2,1-3H3. The molecule has 138 valence electrons. The smallest absolute Gasteiger partial charge is 0.160 e. The van der Waals surface area contributed by atoms with Crippen molar-refractivity contribution in [2.75, 3.05) is 19.8 Å². The van der Waals surface area contributed by atoms with Gasteiger partial charge in [-0.3, -0.25) is 0 Å². The lowest BCUT2D eigenvalue weighted by atomic mass is 9.93. The molecule has 0 N–H and O–H groups in total. The molecule has 1 saturated heterocycles. The summed E-state index contributed by atoms with van der Waals surface area (Å²) in [6.07, 6.45) is 15.0. The molecule has 0 amide bonds. The van der Waals surface area contributed by atoms with E-state index in [1.807, 2.05) is 0 Å². The highest BCUT2D eigenvalue weighted by Crippen LogP contribution is 2.26. The molecule has 1 aliphatic heterocycles. The fourth-order valence-electron chi connectivity index (χ4n) is 3.27. The van der Waals surface area contributed by atoms with Gasteiger partial charge in [-0.25, -0.2) is 0 Å². The van der Waals surface area contributed by atoms with Crippen molar-refractivity contribution in [3.8, 4) is 0 Å². The van der Waals surface area contributed by atoms with Gasteiger partial charge >= 0.3 is 0 Å². The molecular formula is C20H40O3. The second kappa shape index (κ2) is 14.2. The Morgan fingerprint density at radius 2 is 1.39 bits per heavy atom. The predicted octanol–water partition coefficient (Wildman–Crippen LogP) is 5.71. The van der Waals surface area contributed by atoms with Crippen LogP contribution in [-0.4, -0.2) is 32.2 Å². The van der Waals surface area contributed by atoms with Crippen LogP contribution in [0.15, 0.2) is 0 Å². The first-order chi connectivity index (χ1) is 11.3. The first-order valence-electron chi connectivity index (χ1n) is 10.2. The van der Waals surface area contributed by atoms with Crippen LogP contribution in [0, 0.1) is 5.92 Å². The van der Waals surface area contributed by atoms with Gasteiger partial charge in [0, 0.05) is 19.1 Å². The molecule has 0 aromatic rings. The molecule has 2 unspecified atom stereocenters. The quantitative estimate of drug-likeness (QED) is 0.195. The van der Waals surface area contributed by atoms with Crippen LogP contribution in [0.1, 0.15) is 91.4 Å². The lowest BCUT2D eigenvalue weighted by molar-refractivity contribution is -0.170. The van der Waals surface area contributed by atoms with E-state index in [0.717, 1.165) is 19.8 Å². The van der Waals surface area contributed by atoms with Gasteiger partial charge in [0.05, 0.1) is 12.7 Å². The summed E-state index contributed by atoms with van der Waals surface area (Å²) in [6.45, 7) is 8.89. The molecule has 1 heterocycles. The number of epoxide rings is 1. The summed E-state index contributed by atoms with van der Waals surface area (Å²) in [7, 11) is 0. The average molecular weight is 329 g/mol. The summed E-state index contributed by atoms with van der Waals surface area (Å²) >= 11 is 0. The van der Waals surface area contributed by atoms with E-state index in [1.165, 1.54) is 70.6 Å². The topological polar surface area (TPSA) is 31.0 Å². The van der Waals surface area contributed by atoms with Gasteiger partial charge in [-0.05, 0) is 33.1 Å². The normalized spacial score (nSPS) is 18.5. The zero-order chi connectivity index (χ0) is 16.8. The van der Waals surface area contributed by atoms with Gasteiger partial charge in [0.25, 0.3) is 0 Å². The Hall–Kier alpha value is -0.120. The Labute approximate surface area is 144 Å². The second-order valence-electron chi connectivity index (χ2n) is 6.84. The third-order valence-corrected chi connectivity index (χ3v) is 4.73. The van der Waals surface area contributed by atoms with Crippen LogP contribution in [0.3, 0.4) is 0 Å². The Morgan fingerprint density at radius 3 is 1.96 bits per heavy atom. The third kappa shape index (κ3) is 11.1. The lowest BCUT2D eigenvalue weighted by Crippen LogP contribution is -2.27. The van der Waals surface area contributed by atoms with Crippen LogP contribution < -0.4 is 0 Å². The van der Waals surface area contributed by atoms with Gasteiger partial charge in [0.2, 0.25) is 0 Å². The molecule has 3 nitrogen and oxygen atoms in total. The van der Waals surface area contributed by atoms with Crippen molar-refractivity contribution in [1.29, 1.82) is 0 Å². The molecule has 0 spiro atoms. The Kier molecular flexibility index (Phi) is 13.0. The molecule has 0 aromatic carbocycles. The molecule has 2 atom stereocenters. The van der Waals surface area contributed by atoms with Gasteiger partial charge in [-0.2, -0.15) is 0 Å². The van der Waals surface area contributed by atoms with Gasteiger partial charge in [0.1, 0.15) is 0 Å². The summed E-state index contributed by atoms with van der Waals surface area (Å²) in [5.74, 6) is 0.557. The van der Waals surface area contributed by atoms with Crippen LogP contribution in [0.4, 0.5) is 0 Å². The maximum Gasteiger partial charge on any atom is 0.160 e. The van der Waals surface area contributed by atoms with Gasteiger partial charge in [-0.1, -0.05) is 58.3 Å². The Morgan fingerprint density at radius 1 is 0.826 bits per heavy atom. The highest BCUT2D eigenvalue weighted by atomic mass is 16.7. The average Bonchev–Trinajstić information content (AvgIpc) is 3.37. The third-order valence-electron chi connectivity index (χ3n) is 4.73. The maximum atomic E-state index is 5.88. The highest BCUT2D eigenvalue weighted by Gasteiger charge is 2.24. The van der Waals surface area contributed by atoms with Crippen molar-refractivity contribution in [2.24, 2.45) is 5.92 Å². The van der Waals surface area contributed by atoms with Crippen molar-refractivity contribution in [1.82, 2.24) is 0 Å². The molecule has 1 rings (SSSR count). The van der Waals surface area contributed by atoms with Crippen molar-refractivity contribution in [3.05, 3.63) is 0 Å². The molecule has 23 heavy (non-hydrogen) atoms. The van der Waals surface area contributed by atoms with E-state index in [-0.39, 0.29) is 6.29 Å². The second-order valence-corrected chi connectivity index (χ2v) is 6.84. The minimum atomic E-state index is -0.00202. The Bertz CT molecular complexity index is 247. The van der Waals surface area contributed by atoms with E-state index < -0.39 is 0 Å². The van der Waals surface area contributed by atoms with E-state index >= 15 is 0 Å². The highest BCUT2D eigenvalue weighted by molar-refractivity contribution is 4.70. The van der Waals surface area contributed by atoms with Gasteiger partial charge in [0.15, 0.2) is 6.29 Å². The molecule has 0 bridgehead atoms. The van der Waals surface area contributed by atoms with Crippen molar-refractivity contribution >= 4 is 0 Å². The van der Waals surface area contributed by atoms with Crippen LogP contribution in [0.2, 0.25) is 0 Å². The monoisotopic (exact) mass is 328 g/mol. The molecule has 0 aromatic heterocycles. The lowest BCUT2D eigenvalue weighted by Gasteiger charge is -2.27. The van der Waals surface area contributed by atoms with Crippen molar-refractivity contribution < 1.29 is 14.2 Å². The summed E-state index contributed by atoms with van der Waals surface area (Å²) in [5.41, 5.74) is 0. The van der Waals surface area contributed by atoms with E-state index in [9.17, 15) is 0 Å². The molecule has 1 fully saturated rings. The Balaban J connectivity index is 2.25. The zero-order valence-corrected chi connectivity index (χ0v) is 15.9. The number of hydrogen-bond donors (Lipinski definition) is 0. The fourth-order valence-corrected chi connectivity index (χ4v) is 3.27. The number of hydrogen-bond acceptors (Lipinski definition) is 3. The minimum absolute atomic E-state index is 0.00202. The summed E-state index contributed by atoms with van der Waals surface area (Å²) in [4.78, 5) is 0. The molecule has 1 aliphatic rings. The first kappa shape index (κ1) is 20.9. The SMILES string of the molecule is CCCCCCCCC(CCCCC1CO1)C(OCC)OCC. The van der Waals surface area contributed by atoms with E-state index in [0.29, 0.717) is 12.0 Å². The molecule has 0 radical (unpaired) electrons. The fraction of sp³-hybridized carbons (Fsp3) is 1.00. The van der Waals surface area contributed by atoms with Gasteiger partial charge < -0.3 is 14.2 Å². The zero-order valence-electron chi connectivity index (χ0n) is 15.9. The summed E-state index contributed by atoms with van der Waals surface area (Å²) < 4.78 is 17.1. The summed E-state index contributed by atoms with van der Waals surface area (Å²) in [5, 5.41) is 0. The number of unbranched alkanes of at least 4 members (excludes halogenated alkanes) is 6. The van der Waals surface area contributed by atoms with Crippen LogP contribution >= 0.6 is 0 Å². The molecule has 0 aliphatic carbocycles. The summed E-state index contributed by atoms with van der Waals surface area (Å²) in [6, 6.07) is 0. The largest absolute Gasteiger partial charge is 0.373 e. The predicted molar refractivity (Wildman–Crippen MR) is 96.7 cm³/mol. The van der Waals surface area contributed by atoms with Crippen LogP contribution in [0.25, 0.3) is 0 Å². The molecule has 0 saturated carbocycles. The van der Waals surface area contributed by atoms with Crippen LogP contribution in [-0.2, 0) is 14.2 Å².